The van der Waals surface area contributed by atoms with Crippen LogP contribution in [0.4, 0.5) is 13.2 Å². The molecule has 0 unspecified atom stereocenters. The van der Waals surface area contributed by atoms with Crippen LogP contribution in [0.25, 0.3) is 5.95 Å². The van der Waals surface area contributed by atoms with Crippen molar-refractivity contribution in [1.29, 1.82) is 0 Å². The van der Waals surface area contributed by atoms with Crippen LogP contribution >= 0.6 is 11.6 Å². The van der Waals surface area contributed by atoms with Crippen LogP contribution in [-0.2, 0) is 9.84 Å². The fourth-order valence-corrected chi connectivity index (χ4v) is 3.56. The van der Waals surface area contributed by atoms with E-state index in [2.05, 4.69) is 25.4 Å². The second-order valence-corrected chi connectivity index (χ2v) is 8.28. The zero-order valence-electron chi connectivity index (χ0n) is 15.0. The summed E-state index contributed by atoms with van der Waals surface area (Å²) in [5, 5.41) is 6.13. The van der Waals surface area contributed by atoms with E-state index in [4.69, 9.17) is 11.6 Å². The van der Waals surface area contributed by atoms with Gasteiger partial charge in [0, 0.05) is 23.0 Å². The van der Waals surface area contributed by atoms with Crippen molar-refractivity contribution >= 4 is 27.3 Å². The first-order valence-corrected chi connectivity index (χ1v) is 9.97. The van der Waals surface area contributed by atoms with E-state index in [-0.39, 0.29) is 22.4 Å². The van der Waals surface area contributed by atoms with Crippen LogP contribution in [0.2, 0.25) is 5.02 Å². The van der Waals surface area contributed by atoms with Gasteiger partial charge in [0.15, 0.2) is 5.82 Å². The van der Waals surface area contributed by atoms with Crippen molar-refractivity contribution in [2.45, 2.75) is 23.4 Å². The molecule has 1 amide bonds. The van der Waals surface area contributed by atoms with E-state index in [0.717, 1.165) is 6.07 Å². The fourth-order valence-electron chi connectivity index (χ4n) is 2.43. The lowest BCUT2D eigenvalue weighted by molar-refractivity contribution is -0.0436. The summed E-state index contributed by atoms with van der Waals surface area (Å²) < 4.78 is 63.0. The van der Waals surface area contributed by atoms with Crippen molar-refractivity contribution in [1.82, 2.24) is 30.0 Å². The highest BCUT2D eigenvalue weighted by Gasteiger charge is 2.47. The van der Waals surface area contributed by atoms with E-state index < -0.39 is 32.2 Å². The Morgan fingerprint density at radius 2 is 1.83 bits per heavy atom. The van der Waals surface area contributed by atoms with E-state index in [1.165, 1.54) is 23.4 Å². The SMILES string of the molecule is C[C@H](NC(=O)c1cc(Cl)cc(S(=O)(=O)C(F)(F)F)c1)c1ncnn1-c1ncccn1. The number of hydrogen-bond acceptors (Lipinski definition) is 7. The Balaban J connectivity index is 1.88. The van der Waals surface area contributed by atoms with Crippen LogP contribution in [0.5, 0.6) is 0 Å². The van der Waals surface area contributed by atoms with Crippen LogP contribution in [0.1, 0.15) is 29.1 Å². The molecule has 0 aliphatic rings. The van der Waals surface area contributed by atoms with Crippen molar-refractivity contribution < 1.29 is 26.4 Å². The van der Waals surface area contributed by atoms with Gasteiger partial charge in [-0.15, -0.1) is 0 Å². The lowest BCUT2D eigenvalue weighted by Crippen LogP contribution is -2.29. The predicted molar refractivity (Wildman–Crippen MR) is 97.5 cm³/mol. The summed E-state index contributed by atoms with van der Waals surface area (Å²) in [6.45, 7) is 1.54. The largest absolute Gasteiger partial charge is 0.501 e. The van der Waals surface area contributed by atoms with Crippen molar-refractivity contribution in [2.24, 2.45) is 0 Å². The maximum absolute atomic E-state index is 12.8. The zero-order chi connectivity index (χ0) is 22.1. The molecule has 14 heteroatoms. The molecule has 1 N–H and O–H groups in total. The Morgan fingerprint density at radius 3 is 2.47 bits per heavy atom. The third kappa shape index (κ3) is 4.26. The van der Waals surface area contributed by atoms with Gasteiger partial charge < -0.3 is 5.32 Å². The average molecular weight is 461 g/mol. The van der Waals surface area contributed by atoms with Gasteiger partial charge in [-0.05, 0) is 31.2 Å². The van der Waals surface area contributed by atoms with E-state index in [1.54, 1.807) is 13.0 Å². The van der Waals surface area contributed by atoms with Gasteiger partial charge in [0.1, 0.15) is 6.33 Å². The van der Waals surface area contributed by atoms with Crippen LogP contribution < -0.4 is 5.32 Å². The van der Waals surface area contributed by atoms with E-state index in [1.807, 2.05) is 0 Å². The highest BCUT2D eigenvalue weighted by Crippen LogP contribution is 2.32. The van der Waals surface area contributed by atoms with E-state index >= 15 is 0 Å². The minimum atomic E-state index is -5.68. The van der Waals surface area contributed by atoms with Crippen molar-refractivity contribution in [2.75, 3.05) is 0 Å². The molecule has 3 aromatic rings. The summed E-state index contributed by atoms with van der Waals surface area (Å²) in [4.78, 5) is 23.5. The highest BCUT2D eigenvalue weighted by atomic mass is 35.5. The molecule has 0 radical (unpaired) electrons. The number of nitrogens with one attached hydrogen (secondary N) is 1. The second kappa shape index (κ2) is 7.99. The first-order valence-electron chi connectivity index (χ1n) is 8.11. The molecular formula is C16H12ClF3N6O3S. The van der Waals surface area contributed by atoms with Crippen LogP contribution in [0, 0.1) is 0 Å². The minimum Gasteiger partial charge on any atom is -0.342 e. The Bertz CT molecular complexity index is 1180. The first kappa shape index (κ1) is 21.6. The molecule has 1 atom stereocenters. The number of nitrogens with zero attached hydrogens (tertiary/aromatic N) is 5. The standard InChI is InChI=1S/C16H12ClF3N6O3S/c1-9(13-23-8-24-26(13)15-21-3-2-4-22-15)25-14(27)10-5-11(17)7-12(6-10)30(28,29)16(18,19)20/h2-9H,1H3,(H,25,27)/t9-/m0/s1. The summed E-state index contributed by atoms with van der Waals surface area (Å²) in [6, 6.07) is 3.07. The quantitative estimate of drug-likeness (QED) is 0.621. The fraction of sp³-hybridized carbons (Fsp3) is 0.188. The number of alkyl halides is 3. The summed E-state index contributed by atoms with van der Waals surface area (Å²) in [6.07, 6.45) is 4.17. The molecule has 0 aliphatic carbocycles. The van der Waals surface area contributed by atoms with Gasteiger partial charge in [-0.25, -0.2) is 23.4 Å². The molecule has 9 nitrogen and oxygen atoms in total. The van der Waals surface area contributed by atoms with Crippen molar-refractivity contribution in [3.63, 3.8) is 0 Å². The van der Waals surface area contributed by atoms with Crippen LogP contribution in [0.15, 0.2) is 47.9 Å². The van der Waals surface area contributed by atoms with Crippen molar-refractivity contribution in [3.8, 4) is 5.95 Å². The van der Waals surface area contributed by atoms with Crippen molar-refractivity contribution in [3.05, 3.63) is 59.4 Å². The van der Waals surface area contributed by atoms with Crippen LogP contribution in [-0.4, -0.2) is 44.6 Å². The number of carbonyl (C=O) groups excluding carboxylic acids is 1. The normalized spacial score (nSPS) is 13.1. The Labute approximate surface area is 172 Å². The molecule has 0 bridgehead atoms. The van der Waals surface area contributed by atoms with Gasteiger partial charge >= 0.3 is 5.51 Å². The Hall–Kier alpha value is -3.06. The van der Waals surface area contributed by atoms with Gasteiger partial charge in [-0.2, -0.15) is 23.0 Å². The van der Waals surface area contributed by atoms with Gasteiger partial charge in [-0.1, -0.05) is 11.6 Å². The molecule has 3 rings (SSSR count). The molecule has 0 aliphatic heterocycles. The lowest BCUT2D eigenvalue weighted by Gasteiger charge is -2.15. The number of carbonyl (C=O) groups is 1. The lowest BCUT2D eigenvalue weighted by atomic mass is 10.2. The topological polar surface area (TPSA) is 120 Å². The molecule has 2 heterocycles. The summed E-state index contributed by atoms with van der Waals surface area (Å²) in [5.41, 5.74) is -5.91. The third-order valence-electron chi connectivity index (χ3n) is 3.80. The number of benzene rings is 1. The monoisotopic (exact) mass is 460 g/mol. The predicted octanol–water partition coefficient (Wildman–Crippen LogP) is 2.50. The van der Waals surface area contributed by atoms with E-state index in [0.29, 0.717) is 12.1 Å². The molecule has 0 saturated heterocycles. The molecule has 0 spiro atoms. The number of amides is 1. The van der Waals surface area contributed by atoms with Crippen LogP contribution in [0.3, 0.4) is 0 Å². The maximum atomic E-state index is 12.8. The highest BCUT2D eigenvalue weighted by molar-refractivity contribution is 7.92. The second-order valence-electron chi connectivity index (χ2n) is 5.90. The third-order valence-corrected chi connectivity index (χ3v) is 5.48. The summed E-state index contributed by atoms with van der Waals surface area (Å²) in [5.74, 6) is -0.445. The smallest absolute Gasteiger partial charge is 0.342 e. The average Bonchev–Trinajstić information content (AvgIpc) is 3.17. The molecular weight excluding hydrogens is 449 g/mol. The minimum absolute atomic E-state index is 0.187. The van der Waals surface area contributed by atoms with Gasteiger partial charge in [0.2, 0.25) is 0 Å². The van der Waals surface area contributed by atoms with E-state index in [9.17, 15) is 26.4 Å². The van der Waals surface area contributed by atoms with Gasteiger partial charge in [0.25, 0.3) is 21.7 Å². The number of rotatable bonds is 5. The zero-order valence-corrected chi connectivity index (χ0v) is 16.6. The number of aromatic nitrogens is 5. The maximum Gasteiger partial charge on any atom is 0.501 e. The molecule has 1 aromatic carbocycles. The Kier molecular flexibility index (Phi) is 5.76. The molecule has 30 heavy (non-hydrogen) atoms. The number of sulfone groups is 1. The number of hydrogen-bond donors (Lipinski definition) is 1. The molecule has 2 aromatic heterocycles. The number of halogens is 4. The summed E-state index contributed by atoms with van der Waals surface area (Å²) >= 11 is 5.74. The first-order chi connectivity index (χ1) is 14.0. The molecule has 0 fully saturated rings. The molecule has 158 valence electrons. The summed E-state index contributed by atoms with van der Waals surface area (Å²) in [7, 11) is -5.68. The Morgan fingerprint density at radius 1 is 1.17 bits per heavy atom. The van der Waals surface area contributed by atoms with Gasteiger partial charge in [-0.3, -0.25) is 4.79 Å². The molecule has 0 saturated carbocycles. The van der Waals surface area contributed by atoms with Gasteiger partial charge in [0.05, 0.1) is 10.9 Å².